The molecule has 0 fully saturated rings. The monoisotopic (exact) mass is 283 g/mol. The van der Waals surface area contributed by atoms with Crippen molar-refractivity contribution in [3.63, 3.8) is 0 Å². The number of unbranched alkanes of at least 4 members (excludes halogenated alkanes) is 1. The number of carbonyl (C=O) groups is 2. The van der Waals surface area contributed by atoms with Gasteiger partial charge in [-0.15, -0.1) is 0 Å². The molecule has 1 rings (SSSR count). The van der Waals surface area contributed by atoms with E-state index in [1.165, 1.54) is 11.0 Å². The Hall–Kier alpha value is -1.75. The van der Waals surface area contributed by atoms with Crippen LogP contribution in [-0.2, 0) is 9.59 Å². The summed E-state index contributed by atoms with van der Waals surface area (Å²) < 4.78 is 0. The van der Waals surface area contributed by atoms with E-state index >= 15 is 0 Å². The number of nitrogens with two attached hydrogens (primary N) is 1. The number of benzene rings is 1. The van der Waals surface area contributed by atoms with Crippen LogP contribution in [-0.4, -0.2) is 30.3 Å². The SMILES string of the molecule is CCCCN(C)C(=O)C(=O)Nc1ccc(N)cc1Cl. The van der Waals surface area contributed by atoms with Gasteiger partial charge in [0, 0.05) is 19.3 Å². The van der Waals surface area contributed by atoms with Crippen LogP contribution in [0.1, 0.15) is 19.8 Å². The summed E-state index contributed by atoms with van der Waals surface area (Å²) >= 11 is 5.92. The predicted octanol–water partition coefficient (Wildman–Crippen LogP) is 2.12. The van der Waals surface area contributed by atoms with Crippen molar-refractivity contribution in [1.82, 2.24) is 4.90 Å². The number of hydrogen-bond acceptors (Lipinski definition) is 3. The average molecular weight is 284 g/mol. The summed E-state index contributed by atoms with van der Waals surface area (Å²) in [6.07, 6.45) is 1.82. The third kappa shape index (κ3) is 4.44. The van der Waals surface area contributed by atoms with Gasteiger partial charge in [0.05, 0.1) is 10.7 Å². The van der Waals surface area contributed by atoms with Crippen molar-refractivity contribution in [3.05, 3.63) is 23.2 Å². The van der Waals surface area contributed by atoms with E-state index in [9.17, 15) is 9.59 Å². The Kier molecular flexibility index (Phi) is 5.63. The first-order chi connectivity index (χ1) is 8.95. The largest absolute Gasteiger partial charge is 0.399 e. The van der Waals surface area contributed by atoms with Gasteiger partial charge in [-0.2, -0.15) is 0 Å². The molecule has 2 amide bonds. The van der Waals surface area contributed by atoms with E-state index in [2.05, 4.69) is 5.32 Å². The molecule has 0 saturated carbocycles. The maximum absolute atomic E-state index is 11.8. The smallest absolute Gasteiger partial charge is 0.313 e. The molecule has 0 spiro atoms. The second kappa shape index (κ2) is 6.99. The number of likely N-dealkylation sites (N-methyl/N-ethyl adjacent to an activating group) is 1. The number of nitrogens with one attached hydrogen (secondary N) is 1. The fourth-order valence-corrected chi connectivity index (χ4v) is 1.71. The molecule has 1 aromatic carbocycles. The molecule has 104 valence electrons. The van der Waals surface area contributed by atoms with Gasteiger partial charge in [-0.3, -0.25) is 9.59 Å². The Labute approximate surface area is 117 Å². The molecule has 5 nitrogen and oxygen atoms in total. The molecule has 3 N–H and O–H groups in total. The Morgan fingerprint density at radius 2 is 2.11 bits per heavy atom. The van der Waals surface area contributed by atoms with Crippen LogP contribution in [0.5, 0.6) is 0 Å². The molecular weight excluding hydrogens is 266 g/mol. The van der Waals surface area contributed by atoms with E-state index in [0.717, 1.165) is 12.8 Å². The van der Waals surface area contributed by atoms with E-state index in [-0.39, 0.29) is 0 Å². The van der Waals surface area contributed by atoms with Crippen molar-refractivity contribution in [3.8, 4) is 0 Å². The van der Waals surface area contributed by atoms with Gasteiger partial charge in [0.15, 0.2) is 0 Å². The topological polar surface area (TPSA) is 75.4 Å². The average Bonchev–Trinajstić information content (AvgIpc) is 2.38. The van der Waals surface area contributed by atoms with Gasteiger partial charge in [-0.05, 0) is 24.6 Å². The van der Waals surface area contributed by atoms with Crippen molar-refractivity contribution in [2.75, 3.05) is 24.6 Å². The fraction of sp³-hybridized carbons (Fsp3) is 0.385. The third-order valence-corrected chi connectivity index (χ3v) is 2.94. The number of nitrogen functional groups attached to an aromatic ring is 1. The molecule has 0 unspecified atom stereocenters. The first-order valence-corrected chi connectivity index (χ1v) is 6.45. The molecule has 0 aliphatic heterocycles. The lowest BCUT2D eigenvalue weighted by molar-refractivity contribution is -0.142. The number of nitrogens with zero attached hydrogens (tertiary/aromatic N) is 1. The second-order valence-electron chi connectivity index (χ2n) is 4.27. The number of carbonyl (C=O) groups excluding carboxylic acids is 2. The Bertz CT molecular complexity index is 477. The predicted molar refractivity (Wildman–Crippen MR) is 77.0 cm³/mol. The summed E-state index contributed by atoms with van der Waals surface area (Å²) in [5.74, 6) is -1.29. The van der Waals surface area contributed by atoms with Crippen LogP contribution in [0.15, 0.2) is 18.2 Å². The maximum Gasteiger partial charge on any atom is 0.313 e. The number of rotatable bonds is 4. The van der Waals surface area contributed by atoms with Crippen molar-refractivity contribution in [2.24, 2.45) is 0 Å². The minimum absolute atomic E-state index is 0.303. The van der Waals surface area contributed by atoms with E-state index < -0.39 is 11.8 Å². The lowest BCUT2D eigenvalue weighted by Crippen LogP contribution is -2.37. The van der Waals surface area contributed by atoms with E-state index in [1.807, 2.05) is 6.92 Å². The molecule has 1 aromatic rings. The lowest BCUT2D eigenvalue weighted by Gasteiger charge is -2.16. The Morgan fingerprint density at radius 1 is 1.42 bits per heavy atom. The molecule has 0 aliphatic carbocycles. The van der Waals surface area contributed by atoms with Crippen LogP contribution >= 0.6 is 11.6 Å². The highest BCUT2D eigenvalue weighted by Gasteiger charge is 2.19. The van der Waals surface area contributed by atoms with Gasteiger partial charge < -0.3 is 16.0 Å². The minimum atomic E-state index is -0.703. The summed E-state index contributed by atoms with van der Waals surface area (Å²) in [5.41, 5.74) is 6.42. The van der Waals surface area contributed by atoms with E-state index in [1.54, 1.807) is 19.2 Å². The number of anilines is 2. The highest BCUT2D eigenvalue weighted by molar-refractivity contribution is 6.41. The standard InChI is InChI=1S/C13H18ClN3O2/c1-3-4-7-17(2)13(19)12(18)16-11-6-5-9(15)8-10(11)14/h5-6,8H,3-4,7,15H2,1-2H3,(H,16,18). The van der Waals surface area contributed by atoms with Crippen LogP contribution in [0.4, 0.5) is 11.4 Å². The number of amides is 2. The summed E-state index contributed by atoms with van der Waals surface area (Å²) in [6.45, 7) is 2.57. The summed E-state index contributed by atoms with van der Waals surface area (Å²) in [5, 5.41) is 2.78. The molecule has 0 radical (unpaired) electrons. The van der Waals surface area contributed by atoms with E-state index in [4.69, 9.17) is 17.3 Å². The Balaban J connectivity index is 2.66. The normalized spacial score (nSPS) is 10.1. The maximum atomic E-state index is 11.8. The molecule has 0 aliphatic rings. The third-order valence-electron chi connectivity index (χ3n) is 2.63. The quantitative estimate of drug-likeness (QED) is 0.656. The second-order valence-corrected chi connectivity index (χ2v) is 4.68. The highest BCUT2D eigenvalue weighted by Crippen LogP contribution is 2.23. The number of hydrogen-bond donors (Lipinski definition) is 2. The molecule has 0 heterocycles. The van der Waals surface area contributed by atoms with Crippen LogP contribution in [0.3, 0.4) is 0 Å². The molecule has 6 heteroatoms. The molecule has 0 saturated heterocycles. The van der Waals surface area contributed by atoms with Crippen molar-refractivity contribution < 1.29 is 9.59 Å². The van der Waals surface area contributed by atoms with Crippen molar-refractivity contribution in [2.45, 2.75) is 19.8 Å². The molecule has 0 atom stereocenters. The summed E-state index contributed by atoms with van der Waals surface area (Å²) in [4.78, 5) is 24.9. The molecule has 0 bridgehead atoms. The molecule has 0 aromatic heterocycles. The summed E-state index contributed by atoms with van der Waals surface area (Å²) in [6, 6.07) is 4.68. The van der Waals surface area contributed by atoms with Gasteiger partial charge in [-0.1, -0.05) is 24.9 Å². The van der Waals surface area contributed by atoms with Gasteiger partial charge in [0.25, 0.3) is 0 Å². The van der Waals surface area contributed by atoms with E-state index in [0.29, 0.717) is 22.9 Å². The van der Waals surface area contributed by atoms with Crippen LogP contribution < -0.4 is 11.1 Å². The van der Waals surface area contributed by atoms with Crippen LogP contribution in [0.2, 0.25) is 5.02 Å². The van der Waals surface area contributed by atoms with Crippen molar-refractivity contribution >= 4 is 34.8 Å². The first-order valence-electron chi connectivity index (χ1n) is 6.07. The zero-order chi connectivity index (χ0) is 14.4. The van der Waals surface area contributed by atoms with Gasteiger partial charge in [0.2, 0.25) is 0 Å². The van der Waals surface area contributed by atoms with Crippen LogP contribution in [0, 0.1) is 0 Å². The molecular formula is C13H18ClN3O2. The van der Waals surface area contributed by atoms with Crippen molar-refractivity contribution in [1.29, 1.82) is 0 Å². The minimum Gasteiger partial charge on any atom is -0.399 e. The van der Waals surface area contributed by atoms with Crippen LogP contribution in [0.25, 0.3) is 0 Å². The van der Waals surface area contributed by atoms with Gasteiger partial charge in [-0.25, -0.2) is 0 Å². The van der Waals surface area contributed by atoms with Gasteiger partial charge in [0.1, 0.15) is 0 Å². The first kappa shape index (κ1) is 15.3. The van der Waals surface area contributed by atoms with Gasteiger partial charge >= 0.3 is 11.8 Å². The summed E-state index contributed by atoms with van der Waals surface area (Å²) in [7, 11) is 1.60. The molecule has 19 heavy (non-hydrogen) atoms. The highest BCUT2D eigenvalue weighted by atomic mass is 35.5. The zero-order valence-electron chi connectivity index (χ0n) is 11.1. The number of halogens is 1. The zero-order valence-corrected chi connectivity index (χ0v) is 11.8. The fourth-order valence-electron chi connectivity index (χ4n) is 1.48. The lowest BCUT2D eigenvalue weighted by atomic mass is 10.2. The Morgan fingerprint density at radius 3 is 2.68 bits per heavy atom.